The van der Waals surface area contributed by atoms with Crippen LogP contribution in [0.5, 0.6) is 0 Å². The first-order chi connectivity index (χ1) is 9.19. The number of guanidine groups is 1. The van der Waals surface area contributed by atoms with E-state index in [1.807, 2.05) is 0 Å². The van der Waals surface area contributed by atoms with Crippen LogP contribution in [0.2, 0.25) is 0 Å². The molecule has 1 aliphatic carbocycles. The predicted molar refractivity (Wildman–Crippen MR) is 76.2 cm³/mol. The first-order valence-corrected chi connectivity index (χ1v) is 7.38. The highest BCUT2D eigenvalue weighted by atomic mass is 16.5. The summed E-state index contributed by atoms with van der Waals surface area (Å²) in [6.07, 6.45) is 5.43. The van der Waals surface area contributed by atoms with Crippen LogP contribution in [0.15, 0.2) is 4.99 Å². The number of methoxy groups -OCH3 is 1. The first-order valence-electron chi connectivity index (χ1n) is 7.38. The molecule has 19 heavy (non-hydrogen) atoms. The van der Waals surface area contributed by atoms with E-state index in [1.54, 1.807) is 7.11 Å². The first kappa shape index (κ1) is 14.6. The molecule has 0 bridgehead atoms. The number of morpholine rings is 1. The number of nitrogens with zero attached hydrogens (tertiary/aromatic N) is 2. The molecule has 1 heterocycles. The molecule has 1 saturated carbocycles. The summed E-state index contributed by atoms with van der Waals surface area (Å²) in [6, 6.07) is 0. The van der Waals surface area contributed by atoms with Crippen molar-refractivity contribution in [1.29, 1.82) is 0 Å². The summed E-state index contributed by atoms with van der Waals surface area (Å²) in [5, 5.41) is 0. The molecular weight excluding hydrogens is 242 g/mol. The molecule has 2 fully saturated rings. The van der Waals surface area contributed by atoms with Gasteiger partial charge in [-0.05, 0) is 38.5 Å². The van der Waals surface area contributed by atoms with Gasteiger partial charge in [0.25, 0.3) is 0 Å². The minimum Gasteiger partial charge on any atom is -0.381 e. The lowest BCUT2D eigenvalue weighted by molar-refractivity contribution is 0.00522. The van der Waals surface area contributed by atoms with E-state index >= 15 is 0 Å². The largest absolute Gasteiger partial charge is 0.381 e. The Morgan fingerprint density at radius 2 is 2.11 bits per heavy atom. The number of hydrogen-bond donors (Lipinski definition) is 1. The van der Waals surface area contributed by atoms with E-state index in [1.165, 1.54) is 12.8 Å². The monoisotopic (exact) mass is 269 g/mol. The molecule has 2 N–H and O–H groups in total. The lowest BCUT2D eigenvalue weighted by atomic mass is 9.87. The van der Waals surface area contributed by atoms with Gasteiger partial charge in [0.05, 0.1) is 18.8 Å². The van der Waals surface area contributed by atoms with Crippen LogP contribution in [0.4, 0.5) is 0 Å². The van der Waals surface area contributed by atoms with Crippen LogP contribution in [0.25, 0.3) is 0 Å². The normalized spacial score (nSPS) is 33.5. The van der Waals surface area contributed by atoms with E-state index in [0.717, 1.165) is 39.1 Å². The molecular formula is C14H27N3O2. The third-order valence-electron chi connectivity index (χ3n) is 4.20. The number of ether oxygens (including phenoxy) is 2. The maximum atomic E-state index is 6.08. The van der Waals surface area contributed by atoms with Crippen molar-refractivity contribution in [3.8, 4) is 0 Å². The van der Waals surface area contributed by atoms with Crippen molar-refractivity contribution >= 4 is 5.96 Å². The molecule has 5 nitrogen and oxygen atoms in total. The fourth-order valence-corrected chi connectivity index (χ4v) is 2.90. The van der Waals surface area contributed by atoms with E-state index in [-0.39, 0.29) is 6.10 Å². The van der Waals surface area contributed by atoms with Crippen molar-refractivity contribution in [2.45, 2.75) is 44.8 Å². The second kappa shape index (κ2) is 7.10. The smallest absolute Gasteiger partial charge is 0.191 e. The van der Waals surface area contributed by atoms with Crippen molar-refractivity contribution < 1.29 is 9.47 Å². The van der Waals surface area contributed by atoms with E-state index < -0.39 is 0 Å². The lowest BCUT2D eigenvalue weighted by Gasteiger charge is -2.32. The number of nitrogens with two attached hydrogens (primary N) is 1. The molecule has 0 radical (unpaired) electrons. The molecule has 0 aromatic heterocycles. The number of aliphatic imine (C=N–C) groups is 1. The van der Waals surface area contributed by atoms with Crippen LogP contribution < -0.4 is 5.73 Å². The number of hydrogen-bond acceptors (Lipinski definition) is 3. The fourth-order valence-electron chi connectivity index (χ4n) is 2.90. The molecule has 1 unspecified atom stereocenters. The Morgan fingerprint density at radius 3 is 2.74 bits per heavy atom. The van der Waals surface area contributed by atoms with Gasteiger partial charge in [-0.15, -0.1) is 0 Å². The van der Waals surface area contributed by atoms with Gasteiger partial charge in [-0.1, -0.05) is 0 Å². The SMILES string of the molecule is COC1CCC(CN=C(N)N2CCOC(C)C2)CC1. The highest BCUT2D eigenvalue weighted by Gasteiger charge is 2.22. The van der Waals surface area contributed by atoms with Crippen LogP contribution in [-0.2, 0) is 9.47 Å². The second-order valence-corrected chi connectivity index (χ2v) is 5.70. The van der Waals surface area contributed by atoms with Gasteiger partial charge in [-0.3, -0.25) is 4.99 Å². The lowest BCUT2D eigenvalue weighted by Crippen LogP contribution is -2.48. The maximum absolute atomic E-state index is 6.08. The summed E-state index contributed by atoms with van der Waals surface area (Å²) in [4.78, 5) is 6.71. The van der Waals surface area contributed by atoms with Gasteiger partial charge in [0.2, 0.25) is 0 Å². The minimum atomic E-state index is 0.250. The van der Waals surface area contributed by atoms with Gasteiger partial charge < -0.3 is 20.1 Å². The van der Waals surface area contributed by atoms with Crippen molar-refractivity contribution in [2.75, 3.05) is 33.4 Å². The Labute approximate surface area is 116 Å². The summed E-state index contributed by atoms with van der Waals surface area (Å²) in [6.45, 7) is 5.39. The van der Waals surface area contributed by atoms with Gasteiger partial charge >= 0.3 is 0 Å². The van der Waals surface area contributed by atoms with Crippen molar-refractivity contribution in [2.24, 2.45) is 16.6 Å². The Balaban J connectivity index is 1.75. The molecule has 1 saturated heterocycles. The van der Waals surface area contributed by atoms with Gasteiger partial charge in [0, 0.05) is 26.7 Å². The van der Waals surface area contributed by atoms with Crippen LogP contribution in [0.3, 0.4) is 0 Å². The quantitative estimate of drug-likeness (QED) is 0.618. The molecule has 0 spiro atoms. The molecule has 1 atom stereocenters. The average Bonchev–Trinajstić information content (AvgIpc) is 2.45. The Kier molecular flexibility index (Phi) is 5.45. The van der Waals surface area contributed by atoms with Gasteiger partial charge in [0.1, 0.15) is 0 Å². The molecule has 2 aliphatic rings. The van der Waals surface area contributed by atoms with Crippen LogP contribution in [0, 0.1) is 5.92 Å². The zero-order valence-electron chi connectivity index (χ0n) is 12.2. The van der Waals surface area contributed by atoms with Gasteiger partial charge in [-0.2, -0.15) is 0 Å². The van der Waals surface area contributed by atoms with E-state index in [9.17, 15) is 0 Å². The molecule has 110 valence electrons. The Morgan fingerprint density at radius 1 is 1.37 bits per heavy atom. The molecule has 2 rings (SSSR count). The van der Waals surface area contributed by atoms with E-state index in [2.05, 4.69) is 16.8 Å². The molecule has 0 aromatic carbocycles. The summed E-state index contributed by atoms with van der Waals surface area (Å²) < 4.78 is 10.9. The zero-order chi connectivity index (χ0) is 13.7. The summed E-state index contributed by atoms with van der Waals surface area (Å²) in [7, 11) is 1.81. The van der Waals surface area contributed by atoms with Gasteiger partial charge in [-0.25, -0.2) is 0 Å². The predicted octanol–water partition coefficient (Wildman–Crippen LogP) is 1.23. The zero-order valence-corrected chi connectivity index (χ0v) is 12.2. The standard InChI is InChI=1S/C14H27N3O2/c1-11-10-17(7-8-19-11)14(15)16-9-12-3-5-13(18-2)6-4-12/h11-13H,3-10H2,1-2H3,(H2,15,16). The Hall–Kier alpha value is -0.810. The summed E-state index contributed by atoms with van der Waals surface area (Å²) in [5.41, 5.74) is 6.08. The minimum absolute atomic E-state index is 0.250. The van der Waals surface area contributed by atoms with Crippen molar-refractivity contribution in [3.63, 3.8) is 0 Å². The van der Waals surface area contributed by atoms with Crippen LogP contribution >= 0.6 is 0 Å². The van der Waals surface area contributed by atoms with E-state index in [4.69, 9.17) is 15.2 Å². The molecule has 0 aromatic rings. The summed E-state index contributed by atoms with van der Waals surface area (Å²) in [5.74, 6) is 1.35. The number of rotatable bonds is 3. The van der Waals surface area contributed by atoms with Crippen molar-refractivity contribution in [3.05, 3.63) is 0 Å². The molecule has 1 aliphatic heterocycles. The van der Waals surface area contributed by atoms with Gasteiger partial charge in [0.15, 0.2) is 5.96 Å². The highest BCUT2D eigenvalue weighted by Crippen LogP contribution is 2.26. The highest BCUT2D eigenvalue weighted by molar-refractivity contribution is 5.78. The third kappa shape index (κ3) is 4.35. The van der Waals surface area contributed by atoms with E-state index in [0.29, 0.717) is 18.0 Å². The summed E-state index contributed by atoms with van der Waals surface area (Å²) >= 11 is 0. The fraction of sp³-hybridized carbons (Fsp3) is 0.929. The van der Waals surface area contributed by atoms with Crippen LogP contribution in [0.1, 0.15) is 32.6 Å². The topological polar surface area (TPSA) is 60.1 Å². The Bertz CT molecular complexity index is 301. The molecule has 5 heteroatoms. The third-order valence-corrected chi connectivity index (χ3v) is 4.20. The second-order valence-electron chi connectivity index (χ2n) is 5.70. The van der Waals surface area contributed by atoms with Crippen LogP contribution in [-0.4, -0.2) is 56.4 Å². The average molecular weight is 269 g/mol. The molecule has 0 amide bonds. The van der Waals surface area contributed by atoms with Crippen molar-refractivity contribution in [1.82, 2.24) is 4.90 Å². The maximum Gasteiger partial charge on any atom is 0.191 e.